The molecule has 384 valence electrons. The van der Waals surface area contributed by atoms with E-state index in [1.54, 1.807) is 24.5 Å². The number of carbonyl (C=O) groups excluding carboxylic acids is 4. The summed E-state index contributed by atoms with van der Waals surface area (Å²) in [6.07, 6.45) is 13.5. The molecule has 3 saturated carbocycles. The molecule has 5 aliphatic rings. The number of aromatic nitrogens is 7. The molecule has 3 fully saturated rings. The Morgan fingerprint density at radius 2 is 1.16 bits per heavy atom. The van der Waals surface area contributed by atoms with Gasteiger partial charge in [0.1, 0.15) is 64.2 Å². The Hall–Kier alpha value is -7.01. The number of halogens is 5. The number of pyridine rings is 3. The number of amides is 3. The van der Waals surface area contributed by atoms with Crippen LogP contribution in [0.3, 0.4) is 0 Å². The molecule has 7 heterocycles. The number of fused-ring (bicyclic) bond motifs is 4. The second-order valence-electron chi connectivity index (χ2n) is 17.3. The summed E-state index contributed by atoms with van der Waals surface area (Å²) in [5.74, 6) is -0.0851. The van der Waals surface area contributed by atoms with Gasteiger partial charge in [0.2, 0.25) is 0 Å². The maximum absolute atomic E-state index is 13.1. The molecule has 0 atom stereocenters. The third-order valence-electron chi connectivity index (χ3n) is 12.6. The average Bonchev–Trinajstić information content (AvgIpc) is 3.84. The molecule has 0 unspecified atom stereocenters. The highest BCUT2D eigenvalue weighted by atomic mass is 79.9. The van der Waals surface area contributed by atoms with Gasteiger partial charge in [0.05, 0.1) is 42.2 Å². The Morgan fingerprint density at radius 1 is 0.689 bits per heavy atom. The predicted molar refractivity (Wildman–Crippen MR) is 278 cm³/mol. The number of rotatable bonds is 3. The minimum Gasteiger partial charge on any atom is -0.384 e. The second-order valence-corrected chi connectivity index (χ2v) is 20.3. The van der Waals surface area contributed by atoms with Crippen molar-refractivity contribution in [2.75, 3.05) is 11.1 Å². The van der Waals surface area contributed by atoms with Crippen molar-refractivity contribution in [2.24, 2.45) is 23.5 Å². The largest absolute Gasteiger partial charge is 0.384 e. The van der Waals surface area contributed by atoms with E-state index in [0.717, 1.165) is 12.8 Å². The van der Waals surface area contributed by atoms with Crippen LogP contribution in [0.4, 0.5) is 17.3 Å². The molecular formula is C47H44Br2Cl3N15O7. The first-order valence-corrected chi connectivity index (χ1v) is 25.3. The van der Waals surface area contributed by atoms with Crippen LogP contribution in [0.15, 0.2) is 78.7 Å². The molecule has 0 aromatic carbocycles. The minimum absolute atomic E-state index is 0.0140. The Labute approximate surface area is 453 Å². The first kappa shape index (κ1) is 56.3. The van der Waals surface area contributed by atoms with Crippen molar-refractivity contribution >= 4 is 107 Å². The van der Waals surface area contributed by atoms with E-state index in [4.69, 9.17) is 62.1 Å². The Balaban J connectivity index is 0.000000163. The molecule has 0 radical (unpaired) electrons. The molecule has 5 aromatic heterocycles. The van der Waals surface area contributed by atoms with Gasteiger partial charge >= 0.3 is 0 Å². The lowest BCUT2D eigenvalue weighted by atomic mass is 9.82. The molecule has 3 amide bonds. The summed E-state index contributed by atoms with van der Waals surface area (Å²) >= 11 is 24.1. The summed E-state index contributed by atoms with van der Waals surface area (Å²) in [4.78, 5) is 99.7. The lowest BCUT2D eigenvalue weighted by Crippen LogP contribution is -2.49. The van der Waals surface area contributed by atoms with Gasteiger partial charge in [-0.15, -0.1) is 0 Å². The van der Waals surface area contributed by atoms with Crippen LogP contribution in [0.5, 0.6) is 0 Å². The number of nitriles is 3. The van der Waals surface area contributed by atoms with Crippen molar-refractivity contribution in [1.29, 1.82) is 15.8 Å². The fourth-order valence-corrected chi connectivity index (χ4v) is 10.6. The average molecular weight is 1200 g/mol. The Kier molecular flexibility index (Phi) is 18.9. The maximum atomic E-state index is 13.1. The van der Waals surface area contributed by atoms with Crippen LogP contribution in [-0.4, -0.2) is 57.6 Å². The van der Waals surface area contributed by atoms with Crippen molar-refractivity contribution in [3.63, 3.8) is 0 Å². The van der Waals surface area contributed by atoms with E-state index in [9.17, 15) is 33.6 Å². The first-order valence-electron chi connectivity index (χ1n) is 22.6. The van der Waals surface area contributed by atoms with Crippen molar-refractivity contribution in [2.45, 2.75) is 88.4 Å². The molecule has 27 heteroatoms. The summed E-state index contributed by atoms with van der Waals surface area (Å²) in [6, 6.07) is 14.2. The van der Waals surface area contributed by atoms with Crippen molar-refractivity contribution in [1.82, 2.24) is 44.7 Å². The van der Waals surface area contributed by atoms with Gasteiger partial charge in [-0.1, -0.05) is 34.8 Å². The normalized spacial score (nSPS) is 21.0. The monoisotopic (exact) mass is 1190 g/mol. The number of nitrogen functional groups attached to an aromatic ring is 1. The van der Waals surface area contributed by atoms with Gasteiger partial charge in [-0.2, -0.15) is 15.8 Å². The second kappa shape index (κ2) is 24.8. The minimum atomic E-state index is -0.830. The van der Waals surface area contributed by atoms with Crippen LogP contribution < -0.4 is 44.1 Å². The number of carbonyl (C=O) groups is 4. The summed E-state index contributed by atoms with van der Waals surface area (Å²) in [5.41, 5.74) is 8.06. The number of hydrogen-bond donors (Lipinski definition) is 6. The first-order chi connectivity index (χ1) is 35.3. The molecule has 2 aliphatic heterocycles. The zero-order valence-electron chi connectivity index (χ0n) is 38.8. The lowest BCUT2D eigenvalue weighted by molar-refractivity contribution is -0.120. The molecular weight excluding hydrogens is 1150 g/mol. The third kappa shape index (κ3) is 13.0. The van der Waals surface area contributed by atoms with E-state index < -0.39 is 22.8 Å². The van der Waals surface area contributed by atoms with Crippen molar-refractivity contribution in [3.8, 4) is 18.2 Å². The molecule has 22 nitrogen and oxygen atoms in total. The van der Waals surface area contributed by atoms with Crippen LogP contribution >= 0.6 is 66.7 Å². The van der Waals surface area contributed by atoms with Crippen LogP contribution in [0, 0.1) is 51.7 Å². The van der Waals surface area contributed by atoms with Gasteiger partial charge < -0.3 is 32.4 Å². The van der Waals surface area contributed by atoms with E-state index in [1.807, 2.05) is 0 Å². The van der Waals surface area contributed by atoms with Gasteiger partial charge in [-0.3, -0.25) is 42.7 Å². The van der Waals surface area contributed by atoms with Gasteiger partial charge in [0, 0.05) is 43.0 Å². The number of aromatic amines is 1. The predicted octanol–water partition coefficient (Wildman–Crippen LogP) is 6.74. The summed E-state index contributed by atoms with van der Waals surface area (Å²) in [7, 11) is 0. The number of nitrogens with zero attached hydrogens (tertiary/aromatic N) is 9. The van der Waals surface area contributed by atoms with E-state index >= 15 is 0 Å². The third-order valence-corrected chi connectivity index (χ3v) is 14.6. The molecule has 0 bridgehead atoms. The zero-order valence-corrected chi connectivity index (χ0v) is 44.3. The van der Waals surface area contributed by atoms with Gasteiger partial charge in [0.15, 0.2) is 0 Å². The topological polar surface area (TPSA) is 356 Å². The van der Waals surface area contributed by atoms with E-state index in [1.165, 1.54) is 40.0 Å². The Morgan fingerprint density at radius 3 is 1.61 bits per heavy atom. The number of primary amides is 1. The number of ketones is 1. The molecule has 8 N–H and O–H groups in total. The van der Waals surface area contributed by atoms with E-state index in [-0.39, 0.29) is 83.0 Å². The standard InChI is InChI=1S/C17H15ClN6O2.C13H11BrClN3O2.C7H9NO.C6H4BrClN2O2.C4H5N3/c18-11-7-12(22-13-3-6-20-9-21-13)16(26)24-14(11)15(25)23-17(24)4-1-10(8-19)2-5-17;14-8-5-9(15)10-11(19)17-13(18(10)12(8)20)3-1-7(6-16)2-4-13;8-5-6-1-3-7(9)4-2-6;7-2-1-3(8)4(5(9)11)10-6(2)12;5-4-1-2-6-3-7-4/h3,6-7,9-10H,1-2,4-5H2,(H,23,25)(H,20,21,22);5,7H,1-4H2,(H,17,19);6H,1-4H2;1H,(H2,9,11)(H,10,12);1-3H,(H2,5,6,7). The maximum Gasteiger partial charge on any atom is 0.276 e. The fourth-order valence-electron chi connectivity index (χ4n) is 8.80. The quantitative estimate of drug-likeness (QED) is 0.109. The Bertz CT molecular complexity index is 3260. The molecule has 10 rings (SSSR count). The molecule has 3 aliphatic carbocycles. The molecule has 5 aromatic rings. The van der Waals surface area contributed by atoms with Gasteiger partial charge in [-0.05, 0) is 126 Å². The van der Waals surface area contributed by atoms with Gasteiger partial charge in [-0.25, -0.2) is 19.9 Å². The van der Waals surface area contributed by atoms with Crippen LogP contribution in [-0.2, 0) is 16.1 Å². The molecule has 0 saturated heterocycles. The highest BCUT2D eigenvalue weighted by molar-refractivity contribution is 9.10. The number of H-pyrrole nitrogens is 1. The zero-order chi connectivity index (χ0) is 53.9. The number of anilines is 3. The number of nitrogens with two attached hydrogens (primary N) is 2. The summed E-state index contributed by atoms with van der Waals surface area (Å²) in [6.45, 7) is 0. The fraction of sp³-hybridized carbons (Fsp3) is 0.362. The molecule has 74 heavy (non-hydrogen) atoms. The smallest absolute Gasteiger partial charge is 0.276 e. The number of Topliss-reactive ketones (excluding diaryl/α,β-unsaturated/α-hetero) is 1. The lowest BCUT2D eigenvalue weighted by Gasteiger charge is -2.36. The van der Waals surface area contributed by atoms with Crippen LogP contribution in [0.1, 0.15) is 109 Å². The van der Waals surface area contributed by atoms with Crippen molar-refractivity contribution < 1.29 is 19.2 Å². The van der Waals surface area contributed by atoms with Gasteiger partial charge in [0.25, 0.3) is 34.4 Å². The van der Waals surface area contributed by atoms with Crippen LogP contribution in [0.2, 0.25) is 15.1 Å². The molecule has 2 spiro atoms. The number of hydrogen-bond acceptors (Lipinski definition) is 16. The van der Waals surface area contributed by atoms with Crippen molar-refractivity contribution in [3.05, 3.63) is 128 Å². The highest BCUT2D eigenvalue weighted by Gasteiger charge is 2.48. The SMILES string of the molecule is N#CC1CCC(=O)CC1.N#CC1CCC2(CC1)NC(=O)c1c(Cl)cc(Br)c(=O)n12.N#CC1CCC2(CC1)NC(=O)c1c(Cl)cc(Nc3ccncn3)c(=O)n12.NC(=O)c1[nH]c(=O)c(Br)cc1Cl.Nc1ccncn1. The number of nitrogens with one attached hydrogen (secondary N) is 4. The summed E-state index contributed by atoms with van der Waals surface area (Å²) in [5, 5.41) is 35.9. The summed E-state index contributed by atoms with van der Waals surface area (Å²) < 4.78 is 3.52. The highest BCUT2D eigenvalue weighted by Crippen LogP contribution is 2.42. The van der Waals surface area contributed by atoms with E-state index in [0.29, 0.717) is 86.1 Å². The van der Waals surface area contributed by atoms with Crippen LogP contribution in [0.25, 0.3) is 0 Å². The van der Waals surface area contributed by atoms with E-state index in [2.05, 4.69) is 90.9 Å².